The highest BCUT2D eigenvalue weighted by Crippen LogP contribution is 2.43. The molecule has 0 unspecified atom stereocenters. The van der Waals surface area contributed by atoms with Crippen LogP contribution in [0.5, 0.6) is 5.75 Å². The number of carbonyl (C=O) groups is 1. The van der Waals surface area contributed by atoms with Gasteiger partial charge in [-0.1, -0.05) is 18.2 Å². The summed E-state index contributed by atoms with van der Waals surface area (Å²) in [5.41, 5.74) is 0.723. The van der Waals surface area contributed by atoms with Crippen molar-refractivity contribution in [3.8, 4) is 5.75 Å². The molecule has 3 atom stereocenters. The van der Waals surface area contributed by atoms with E-state index in [0.29, 0.717) is 0 Å². The molecule has 1 aromatic rings. The molecule has 1 aliphatic heterocycles. The van der Waals surface area contributed by atoms with Crippen molar-refractivity contribution in [3.63, 3.8) is 0 Å². The van der Waals surface area contributed by atoms with Crippen molar-refractivity contribution in [2.45, 2.75) is 12.8 Å². The molecule has 1 aromatic carbocycles. The highest BCUT2D eigenvalue weighted by atomic mass is 16.5. The fraction of sp³-hybridized carbons (Fsp3) is 0.550. The van der Waals surface area contributed by atoms with Crippen LogP contribution in [0.3, 0.4) is 0 Å². The molecule has 4 nitrogen and oxygen atoms in total. The van der Waals surface area contributed by atoms with Gasteiger partial charge in [-0.2, -0.15) is 0 Å². The van der Waals surface area contributed by atoms with Crippen LogP contribution in [0.25, 0.3) is 0 Å². The maximum atomic E-state index is 12.7. The summed E-state index contributed by atoms with van der Waals surface area (Å²) in [6.45, 7) is 4.84. The minimum absolute atomic E-state index is 0.122. The smallest absolute Gasteiger partial charge is 0.254 e. The van der Waals surface area contributed by atoms with Crippen molar-refractivity contribution in [1.29, 1.82) is 0 Å². The van der Waals surface area contributed by atoms with Gasteiger partial charge in [-0.3, -0.25) is 9.69 Å². The second kappa shape index (κ2) is 6.60. The lowest BCUT2D eigenvalue weighted by molar-refractivity contribution is 0.0610. The van der Waals surface area contributed by atoms with Gasteiger partial charge in [0.15, 0.2) is 0 Å². The van der Waals surface area contributed by atoms with Crippen LogP contribution < -0.4 is 4.74 Å². The molecule has 4 rings (SSSR count). The first-order chi connectivity index (χ1) is 11.7. The van der Waals surface area contributed by atoms with E-state index in [-0.39, 0.29) is 5.91 Å². The summed E-state index contributed by atoms with van der Waals surface area (Å²) >= 11 is 0. The van der Waals surface area contributed by atoms with Crippen LogP contribution in [0.4, 0.5) is 0 Å². The van der Waals surface area contributed by atoms with Crippen LogP contribution in [0.15, 0.2) is 36.4 Å². The van der Waals surface area contributed by atoms with E-state index in [9.17, 15) is 4.79 Å². The fourth-order valence-electron chi connectivity index (χ4n) is 4.51. The summed E-state index contributed by atoms with van der Waals surface area (Å²) in [5, 5.41) is 0. The number of fused-ring (bicyclic) bond motifs is 2. The van der Waals surface area contributed by atoms with Crippen molar-refractivity contribution >= 4 is 5.91 Å². The van der Waals surface area contributed by atoms with E-state index in [1.165, 1.54) is 19.4 Å². The van der Waals surface area contributed by atoms with Gasteiger partial charge in [0.25, 0.3) is 5.91 Å². The second-order valence-electron chi connectivity index (χ2n) is 7.37. The Labute approximate surface area is 144 Å². The zero-order valence-electron chi connectivity index (χ0n) is 14.4. The van der Waals surface area contributed by atoms with Gasteiger partial charge in [0.1, 0.15) is 5.75 Å². The lowest BCUT2D eigenvalue weighted by Gasteiger charge is -2.37. The van der Waals surface area contributed by atoms with E-state index in [4.69, 9.17) is 4.74 Å². The number of carbonyl (C=O) groups excluding carboxylic acids is 1. The monoisotopic (exact) mass is 326 g/mol. The number of hydrogen-bond acceptors (Lipinski definition) is 3. The summed E-state index contributed by atoms with van der Waals surface area (Å²) in [6.07, 6.45) is 7.58. The summed E-state index contributed by atoms with van der Waals surface area (Å²) in [5.74, 6) is 3.35. The third kappa shape index (κ3) is 3.07. The van der Waals surface area contributed by atoms with Crippen LogP contribution in [0, 0.1) is 17.8 Å². The topological polar surface area (TPSA) is 32.8 Å². The zero-order valence-corrected chi connectivity index (χ0v) is 14.4. The molecule has 128 valence electrons. The Morgan fingerprint density at radius 3 is 2.67 bits per heavy atom. The van der Waals surface area contributed by atoms with Gasteiger partial charge < -0.3 is 9.64 Å². The summed E-state index contributed by atoms with van der Waals surface area (Å²) in [4.78, 5) is 17.2. The van der Waals surface area contributed by atoms with Gasteiger partial charge in [-0.05, 0) is 48.8 Å². The number of amides is 1. The summed E-state index contributed by atoms with van der Waals surface area (Å²) < 4.78 is 5.22. The molecule has 1 heterocycles. The SMILES string of the molecule is COc1cccc(C(=O)N2CCN(C[C@@H]3C[C@H]4C=C[C@H]3C4)CC2)c1. The molecular formula is C20H26N2O2. The van der Waals surface area contributed by atoms with Crippen LogP contribution in [0.2, 0.25) is 0 Å². The molecule has 0 spiro atoms. The molecule has 2 bridgehead atoms. The molecule has 1 amide bonds. The maximum absolute atomic E-state index is 12.7. The zero-order chi connectivity index (χ0) is 16.5. The van der Waals surface area contributed by atoms with Crippen LogP contribution in [-0.4, -0.2) is 55.5 Å². The largest absolute Gasteiger partial charge is 0.497 e. The molecule has 1 saturated carbocycles. The van der Waals surface area contributed by atoms with Gasteiger partial charge in [0.2, 0.25) is 0 Å². The Morgan fingerprint density at radius 2 is 2.00 bits per heavy atom. The van der Waals surface area contributed by atoms with Gasteiger partial charge in [0, 0.05) is 38.3 Å². The third-order valence-corrected chi connectivity index (χ3v) is 5.89. The molecule has 2 aliphatic carbocycles. The standard InChI is InChI=1S/C20H26N2O2/c1-24-19-4-2-3-17(13-19)20(23)22-9-7-21(8-10-22)14-18-12-15-5-6-16(18)11-15/h2-6,13,15-16,18H,7-12,14H2,1H3/t15-,16-,18-/m0/s1. The normalized spacial score (nSPS) is 29.2. The van der Waals surface area contributed by atoms with Gasteiger partial charge in [0.05, 0.1) is 7.11 Å². The van der Waals surface area contributed by atoms with Crippen molar-refractivity contribution < 1.29 is 9.53 Å². The number of nitrogens with zero attached hydrogens (tertiary/aromatic N) is 2. The maximum Gasteiger partial charge on any atom is 0.254 e. The van der Waals surface area contributed by atoms with Gasteiger partial charge >= 0.3 is 0 Å². The highest BCUT2D eigenvalue weighted by molar-refractivity contribution is 5.94. The Kier molecular flexibility index (Phi) is 4.31. The van der Waals surface area contributed by atoms with E-state index in [0.717, 1.165) is 55.2 Å². The number of benzene rings is 1. The molecule has 1 saturated heterocycles. The molecule has 3 aliphatic rings. The first kappa shape index (κ1) is 15.7. The predicted octanol–water partition coefficient (Wildman–Crippen LogP) is 2.67. The number of ether oxygens (including phenoxy) is 1. The number of rotatable bonds is 4. The summed E-state index contributed by atoms with van der Waals surface area (Å²) in [6, 6.07) is 7.46. The lowest BCUT2D eigenvalue weighted by Crippen LogP contribution is -2.50. The quantitative estimate of drug-likeness (QED) is 0.798. The van der Waals surface area contributed by atoms with E-state index >= 15 is 0 Å². The molecule has 2 fully saturated rings. The first-order valence-corrected chi connectivity index (χ1v) is 9.07. The van der Waals surface area contributed by atoms with E-state index < -0.39 is 0 Å². The lowest BCUT2D eigenvalue weighted by atomic mass is 9.93. The molecule has 0 radical (unpaired) electrons. The van der Waals surface area contributed by atoms with Crippen molar-refractivity contribution in [2.75, 3.05) is 39.8 Å². The van der Waals surface area contributed by atoms with Crippen molar-refractivity contribution in [1.82, 2.24) is 9.80 Å². The Balaban J connectivity index is 1.31. The minimum Gasteiger partial charge on any atom is -0.497 e. The number of methoxy groups -OCH3 is 1. The molecule has 0 N–H and O–H groups in total. The highest BCUT2D eigenvalue weighted by Gasteiger charge is 2.36. The average Bonchev–Trinajstić information content (AvgIpc) is 3.25. The predicted molar refractivity (Wildman–Crippen MR) is 94.2 cm³/mol. The minimum atomic E-state index is 0.122. The first-order valence-electron chi connectivity index (χ1n) is 9.07. The number of allylic oxidation sites excluding steroid dienone is 2. The molecular weight excluding hydrogens is 300 g/mol. The van der Waals surface area contributed by atoms with E-state index in [1.54, 1.807) is 7.11 Å². The molecule has 4 heteroatoms. The van der Waals surface area contributed by atoms with Crippen molar-refractivity contribution in [3.05, 3.63) is 42.0 Å². The Morgan fingerprint density at radius 1 is 1.17 bits per heavy atom. The van der Waals surface area contributed by atoms with Gasteiger partial charge in [-0.25, -0.2) is 0 Å². The number of piperazine rings is 1. The Bertz CT molecular complexity index is 634. The molecule has 0 aromatic heterocycles. The van der Waals surface area contributed by atoms with Crippen LogP contribution in [0.1, 0.15) is 23.2 Å². The fourth-order valence-corrected chi connectivity index (χ4v) is 4.51. The third-order valence-electron chi connectivity index (χ3n) is 5.89. The summed E-state index contributed by atoms with van der Waals surface area (Å²) in [7, 11) is 1.63. The average molecular weight is 326 g/mol. The van der Waals surface area contributed by atoms with Crippen molar-refractivity contribution in [2.24, 2.45) is 17.8 Å². The van der Waals surface area contributed by atoms with E-state index in [2.05, 4.69) is 17.1 Å². The number of hydrogen-bond donors (Lipinski definition) is 0. The van der Waals surface area contributed by atoms with Crippen LogP contribution >= 0.6 is 0 Å². The molecule has 24 heavy (non-hydrogen) atoms. The van der Waals surface area contributed by atoms with E-state index in [1.807, 2.05) is 29.2 Å². The Hall–Kier alpha value is -1.81. The van der Waals surface area contributed by atoms with Crippen LogP contribution in [-0.2, 0) is 0 Å². The van der Waals surface area contributed by atoms with Gasteiger partial charge in [-0.15, -0.1) is 0 Å². The second-order valence-corrected chi connectivity index (χ2v) is 7.37.